The Balaban J connectivity index is 0.00000180. The zero-order valence-electron chi connectivity index (χ0n) is 11.2. The van der Waals surface area contributed by atoms with Crippen LogP contribution in [0.25, 0.3) is 0 Å². The van der Waals surface area contributed by atoms with Gasteiger partial charge in [-0.25, -0.2) is 8.42 Å². The highest BCUT2D eigenvalue weighted by Crippen LogP contribution is 2.17. The zero-order chi connectivity index (χ0) is 13.2. The van der Waals surface area contributed by atoms with Gasteiger partial charge in [-0.3, -0.25) is 4.68 Å². The van der Waals surface area contributed by atoms with Gasteiger partial charge in [0.05, 0.1) is 6.20 Å². The van der Waals surface area contributed by atoms with Crippen molar-refractivity contribution in [3.05, 3.63) is 12.3 Å². The third kappa shape index (κ3) is 3.47. The Kier molecular flexibility index (Phi) is 5.79. The van der Waals surface area contributed by atoms with E-state index in [1.54, 1.807) is 16.9 Å². The molecule has 0 spiro atoms. The van der Waals surface area contributed by atoms with Crippen LogP contribution in [0.3, 0.4) is 0 Å². The molecule has 1 atom stereocenters. The summed E-state index contributed by atoms with van der Waals surface area (Å²) in [7, 11) is -3.41. The molecule has 1 aromatic heterocycles. The molecule has 19 heavy (non-hydrogen) atoms. The van der Waals surface area contributed by atoms with Crippen LogP contribution in [-0.4, -0.2) is 48.2 Å². The van der Waals surface area contributed by atoms with E-state index in [4.69, 9.17) is 0 Å². The van der Waals surface area contributed by atoms with E-state index >= 15 is 0 Å². The van der Waals surface area contributed by atoms with Gasteiger partial charge < -0.3 is 5.32 Å². The lowest BCUT2D eigenvalue weighted by atomic mass is 10.3. The van der Waals surface area contributed by atoms with Crippen molar-refractivity contribution in [1.29, 1.82) is 0 Å². The Morgan fingerprint density at radius 3 is 2.89 bits per heavy atom. The van der Waals surface area contributed by atoms with E-state index in [1.165, 1.54) is 4.31 Å². The minimum atomic E-state index is -3.41. The van der Waals surface area contributed by atoms with Gasteiger partial charge in [0.2, 0.25) is 0 Å². The standard InChI is InChI=1S/C11H20N4O2S.ClH/c1-3-7-15-11(4-5-13-15)18(16,17)14-8-6-12-10(2)9-14;/h4-5,10,12H,3,6-9H2,1-2H3;1H. The maximum Gasteiger partial charge on any atom is 0.260 e. The molecule has 110 valence electrons. The zero-order valence-corrected chi connectivity index (χ0v) is 12.9. The molecular weight excluding hydrogens is 288 g/mol. The molecule has 2 rings (SSSR count). The predicted molar refractivity (Wildman–Crippen MR) is 76.0 cm³/mol. The first-order valence-electron chi connectivity index (χ1n) is 6.31. The fourth-order valence-electron chi connectivity index (χ4n) is 2.17. The van der Waals surface area contributed by atoms with Gasteiger partial charge in [0.25, 0.3) is 10.0 Å². The van der Waals surface area contributed by atoms with Crippen LogP contribution in [0.5, 0.6) is 0 Å². The van der Waals surface area contributed by atoms with Crippen LogP contribution in [0.4, 0.5) is 0 Å². The molecule has 0 saturated carbocycles. The van der Waals surface area contributed by atoms with Crippen LogP contribution in [-0.2, 0) is 16.6 Å². The summed E-state index contributed by atoms with van der Waals surface area (Å²) in [6.07, 6.45) is 2.41. The summed E-state index contributed by atoms with van der Waals surface area (Å²) in [5.41, 5.74) is 0. The molecule has 1 N–H and O–H groups in total. The lowest BCUT2D eigenvalue weighted by Gasteiger charge is -2.30. The SMILES string of the molecule is CCCn1nccc1S(=O)(=O)N1CCNC(C)C1.Cl. The maximum atomic E-state index is 12.5. The summed E-state index contributed by atoms with van der Waals surface area (Å²) in [6.45, 7) is 6.35. The summed E-state index contributed by atoms with van der Waals surface area (Å²) in [4.78, 5) is 0. The van der Waals surface area contributed by atoms with Gasteiger partial charge in [0.15, 0.2) is 5.03 Å². The van der Waals surface area contributed by atoms with Crippen LogP contribution in [0, 0.1) is 0 Å². The third-order valence-electron chi connectivity index (χ3n) is 3.05. The van der Waals surface area contributed by atoms with Crippen LogP contribution >= 0.6 is 12.4 Å². The molecular formula is C11H21ClN4O2S. The first-order chi connectivity index (χ1) is 8.55. The van der Waals surface area contributed by atoms with E-state index in [-0.39, 0.29) is 18.4 Å². The first kappa shape index (κ1) is 16.4. The van der Waals surface area contributed by atoms with Gasteiger partial charge in [0, 0.05) is 32.2 Å². The number of hydrogen-bond acceptors (Lipinski definition) is 4. The molecule has 0 aromatic carbocycles. The van der Waals surface area contributed by atoms with E-state index < -0.39 is 10.0 Å². The summed E-state index contributed by atoms with van der Waals surface area (Å²) in [6, 6.07) is 1.77. The van der Waals surface area contributed by atoms with Crippen molar-refractivity contribution in [2.45, 2.75) is 37.9 Å². The Hall–Kier alpha value is -0.630. The Morgan fingerprint density at radius 1 is 1.53 bits per heavy atom. The lowest BCUT2D eigenvalue weighted by molar-refractivity contribution is 0.307. The molecule has 6 nitrogen and oxygen atoms in total. The van der Waals surface area contributed by atoms with Crippen LogP contribution in [0.2, 0.25) is 0 Å². The van der Waals surface area contributed by atoms with Crippen molar-refractivity contribution in [3.63, 3.8) is 0 Å². The summed E-state index contributed by atoms with van der Waals surface area (Å²) < 4.78 is 28.2. The van der Waals surface area contributed by atoms with E-state index in [9.17, 15) is 8.42 Å². The van der Waals surface area contributed by atoms with Crippen molar-refractivity contribution in [1.82, 2.24) is 19.4 Å². The minimum absolute atomic E-state index is 0. The molecule has 1 aromatic rings. The van der Waals surface area contributed by atoms with Crippen molar-refractivity contribution >= 4 is 22.4 Å². The molecule has 8 heteroatoms. The third-order valence-corrected chi connectivity index (χ3v) is 4.94. The quantitative estimate of drug-likeness (QED) is 0.889. The molecule has 2 heterocycles. The Labute approximate surface area is 120 Å². The number of sulfonamides is 1. The Morgan fingerprint density at radius 2 is 2.26 bits per heavy atom. The molecule has 1 unspecified atom stereocenters. The molecule has 0 radical (unpaired) electrons. The number of halogens is 1. The smallest absolute Gasteiger partial charge is 0.260 e. The van der Waals surface area contributed by atoms with Crippen LogP contribution in [0.15, 0.2) is 17.3 Å². The van der Waals surface area contributed by atoms with Gasteiger partial charge in [0.1, 0.15) is 0 Å². The minimum Gasteiger partial charge on any atom is -0.312 e. The van der Waals surface area contributed by atoms with Crippen LogP contribution < -0.4 is 5.32 Å². The molecule has 0 amide bonds. The number of aromatic nitrogens is 2. The molecule has 1 saturated heterocycles. The second-order valence-electron chi connectivity index (χ2n) is 4.61. The fourth-order valence-corrected chi connectivity index (χ4v) is 3.82. The van der Waals surface area contributed by atoms with E-state index in [1.807, 2.05) is 13.8 Å². The van der Waals surface area contributed by atoms with Gasteiger partial charge in [-0.15, -0.1) is 12.4 Å². The number of piperazine rings is 1. The number of nitrogens with zero attached hydrogens (tertiary/aromatic N) is 3. The van der Waals surface area contributed by atoms with E-state index in [2.05, 4.69) is 10.4 Å². The molecule has 1 fully saturated rings. The van der Waals surface area contributed by atoms with E-state index in [0.717, 1.165) is 6.42 Å². The highest BCUT2D eigenvalue weighted by Gasteiger charge is 2.30. The van der Waals surface area contributed by atoms with Gasteiger partial charge in [-0.05, 0) is 19.4 Å². The average molecular weight is 309 g/mol. The Bertz CT molecular complexity index is 503. The van der Waals surface area contributed by atoms with Gasteiger partial charge in [-0.2, -0.15) is 9.40 Å². The van der Waals surface area contributed by atoms with Crippen molar-refractivity contribution < 1.29 is 8.42 Å². The molecule has 0 aliphatic carbocycles. The number of nitrogens with one attached hydrogen (secondary N) is 1. The first-order valence-corrected chi connectivity index (χ1v) is 7.75. The normalized spacial score (nSPS) is 21.1. The highest BCUT2D eigenvalue weighted by atomic mass is 35.5. The van der Waals surface area contributed by atoms with Gasteiger partial charge >= 0.3 is 0 Å². The van der Waals surface area contributed by atoms with Crippen molar-refractivity contribution in [3.8, 4) is 0 Å². The number of rotatable bonds is 4. The van der Waals surface area contributed by atoms with Gasteiger partial charge in [-0.1, -0.05) is 6.92 Å². The summed E-state index contributed by atoms with van der Waals surface area (Å²) in [5.74, 6) is 0. The maximum absolute atomic E-state index is 12.5. The summed E-state index contributed by atoms with van der Waals surface area (Å²) >= 11 is 0. The largest absolute Gasteiger partial charge is 0.312 e. The van der Waals surface area contributed by atoms with Crippen molar-refractivity contribution in [2.75, 3.05) is 19.6 Å². The fraction of sp³-hybridized carbons (Fsp3) is 0.727. The average Bonchev–Trinajstić information content (AvgIpc) is 2.78. The molecule has 0 bridgehead atoms. The number of aryl methyl sites for hydroxylation is 1. The second-order valence-corrected chi connectivity index (χ2v) is 6.50. The molecule has 1 aliphatic heterocycles. The van der Waals surface area contributed by atoms with Crippen LogP contribution in [0.1, 0.15) is 20.3 Å². The van der Waals surface area contributed by atoms with E-state index in [0.29, 0.717) is 31.2 Å². The second kappa shape index (κ2) is 6.69. The number of hydrogen-bond donors (Lipinski definition) is 1. The lowest BCUT2D eigenvalue weighted by Crippen LogP contribution is -2.51. The topological polar surface area (TPSA) is 67.2 Å². The predicted octanol–water partition coefficient (Wildman–Crippen LogP) is 0.697. The van der Waals surface area contributed by atoms with Crippen molar-refractivity contribution in [2.24, 2.45) is 0 Å². The monoisotopic (exact) mass is 308 g/mol. The summed E-state index contributed by atoms with van der Waals surface area (Å²) in [5, 5.41) is 7.63. The highest BCUT2D eigenvalue weighted by molar-refractivity contribution is 7.89. The molecule has 1 aliphatic rings.